The Bertz CT molecular complexity index is 476. The van der Waals surface area contributed by atoms with E-state index in [9.17, 15) is 9.90 Å². The maximum absolute atomic E-state index is 12.0. The number of fused-ring (bicyclic) bond motifs is 1. The Hall–Kier alpha value is -1.63. The van der Waals surface area contributed by atoms with Gasteiger partial charge in [-0.2, -0.15) is 0 Å². The van der Waals surface area contributed by atoms with Crippen LogP contribution in [0.5, 0.6) is 0 Å². The molecule has 1 aliphatic rings. The maximum atomic E-state index is 12.0. The third kappa shape index (κ3) is 3.04. The number of aliphatic hydroxyl groups is 1. The lowest BCUT2D eigenvalue weighted by Gasteiger charge is -2.30. The number of hydrogen-bond acceptors (Lipinski definition) is 5. The molecule has 1 aromatic heterocycles. The number of nitrogens with zero attached hydrogens (tertiary/aromatic N) is 4. The summed E-state index contributed by atoms with van der Waals surface area (Å²) in [6.07, 6.45) is -1.00. The van der Waals surface area contributed by atoms with E-state index in [0.29, 0.717) is 31.3 Å². The first-order valence-corrected chi connectivity index (χ1v) is 6.36. The highest BCUT2D eigenvalue weighted by atomic mass is 16.6. The molecule has 1 unspecified atom stereocenters. The SMILES string of the molecule is CC(O)c1nnc2n1CCN(C(=O)OC(C)(C)C)C2. The number of carbonyl (C=O) groups is 1. The second-order valence-electron chi connectivity index (χ2n) is 5.70. The van der Waals surface area contributed by atoms with Crippen LogP contribution in [0.1, 0.15) is 45.4 Å². The van der Waals surface area contributed by atoms with E-state index in [-0.39, 0.29) is 6.09 Å². The molecule has 0 spiro atoms. The Morgan fingerprint density at radius 3 is 2.63 bits per heavy atom. The molecule has 0 aliphatic carbocycles. The zero-order chi connectivity index (χ0) is 14.2. The van der Waals surface area contributed by atoms with Crippen molar-refractivity contribution in [3.05, 3.63) is 11.6 Å². The van der Waals surface area contributed by atoms with Crippen molar-refractivity contribution in [1.29, 1.82) is 0 Å². The van der Waals surface area contributed by atoms with Crippen molar-refractivity contribution in [3.8, 4) is 0 Å². The predicted molar refractivity (Wildman–Crippen MR) is 67.3 cm³/mol. The molecule has 0 fully saturated rings. The summed E-state index contributed by atoms with van der Waals surface area (Å²) in [4.78, 5) is 13.6. The van der Waals surface area contributed by atoms with E-state index >= 15 is 0 Å². The van der Waals surface area contributed by atoms with E-state index in [0.717, 1.165) is 0 Å². The van der Waals surface area contributed by atoms with Crippen LogP contribution in [0, 0.1) is 0 Å². The average Bonchev–Trinajstić information content (AvgIpc) is 2.68. The summed E-state index contributed by atoms with van der Waals surface area (Å²) in [6.45, 7) is 8.61. The summed E-state index contributed by atoms with van der Waals surface area (Å²) in [5.74, 6) is 1.21. The van der Waals surface area contributed by atoms with E-state index < -0.39 is 11.7 Å². The van der Waals surface area contributed by atoms with Crippen molar-refractivity contribution in [2.75, 3.05) is 6.54 Å². The topological polar surface area (TPSA) is 80.5 Å². The third-order valence-corrected chi connectivity index (χ3v) is 2.81. The van der Waals surface area contributed by atoms with Crippen LogP contribution in [0.3, 0.4) is 0 Å². The van der Waals surface area contributed by atoms with Crippen LogP contribution in [0.4, 0.5) is 4.79 Å². The Morgan fingerprint density at radius 2 is 2.05 bits per heavy atom. The van der Waals surface area contributed by atoms with Crippen LogP contribution in [-0.4, -0.2) is 43.0 Å². The minimum atomic E-state index is -0.658. The van der Waals surface area contributed by atoms with Gasteiger partial charge >= 0.3 is 6.09 Å². The van der Waals surface area contributed by atoms with Gasteiger partial charge in [-0.1, -0.05) is 0 Å². The first-order valence-electron chi connectivity index (χ1n) is 6.36. The van der Waals surface area contributed by atoms with Gasteiger partial charge in [0.15, 0.2) is 11.6 Å². The van der Waals surface area contributed by atoms with Crippen LogP contribution < -0.4 is 0 Å². The van der Waals surface area contributed by atoms with Crippen molar-refractivity contribution in [2.45, 2.75) is 52.5 Å². The molecule has 0 saturated heterocycles. The van der Waals surface area contributed by atoms with E-state index in [4.69, 9.17) is 4.74 Å². The first kappa shape index (κ1) is 13.8. The Labute approximate surface area is 112 Å². The average molecular weight is 268 g/mol. The van der Waals surface area contributed by atoms with Crippen molar-refractivity contribution in [2.24, 2.45) is 0 Å². The van der Waals surface area contributed by atoms with E-state index in [1.165, 1.54) is 0 Å². The molecule has 0 radical (unpaired) electrons. The third-order valence-electron chi connectivity index (χ3n) is 2.81. The van der Waals surface area contributed by atoms with Gasteiger partial charge < -0.3 is 14.4 Å². The highest BCUT2D eigenvalue weighted by Crippen LogP contribution is 2.19. The molecule has 2 rings (SSSR count). The molecule has 7 heteroatoms. The number of amides is 1. The molecule has 1 amide bonds. The van der Waals surface area contributed by atoms with E-state index in [1.807, 2.05) is 25.3 Å². The number of aliphatic hydroxyl groups excluding tert-OH is 1. The van der Waals surface area contributed by atoms with Crippen LogP contribution in [0.2, 0.25) is 0 Å². The fourth-order valence-electron chi connectivity index (χ4n) is 1.97. The molecular formula is C12H20N4O3. The number of carbonyl (C=O) groups excluding carboxylic acids is 1. The van der Waals surface area contributed by atoms with Gasteiger partial charge in [-0.15, -0.1) is 10.2 Å². The van der Waals surface area contributed by atoms with Gasteiger partial charge in [0.1, 0.15) is 11.7 Å². The van der Waals surface area contributed by atoms with Crippen molar-refractivity contribution < 1.29 is 14.6 Å². The van der Waals surface area contributed by atoms with E-state index in [1.54, 1.807) is 11.8 Å². The van der Waals surface area contributed by atoms with E-state index in [2.05, 4.69) is 10.2 Å². The van der Waals surface area contributed by atoms with Gasteiger partial charge in [-0.25, -0.2) is 4.79 Å². The lowest BCUT2D eigenvalue weighted by atomic mass is 10.2. The smallest absolute Gasteiger partial charge is 0.410 e. The molecule has 7 nitrogen and oxygen atoms in total. The summed E-state index contributed by atoms with van der Waals surface area (Å²) in [6, 6.07) is 0. The Kier molecular flexibility index (Phi) is 3.49. The Balaban J connectivity index is 2.09. The zero-order valence-electron chi connectivity index (χ0n) is 11.8. The van der Waals surface area contributed by atoms with Crippen LogP contribution >= 0.6 is 0 Å². The largest absolute Gasteiger partial charge is 0.444 e. The molecule has 1 aliphatic heterocycles. The molecule has 0 saturated carbocycles. The summed E-state index contributed by atoms with van der Waals surface area (Å²) in [7, 11) is 0. The molecule has 1 aromatic rings. The normalized spacial score (nSPS) is 17.0. The van der Waals surface area contributed by atoms with Gasteiger partial charge in [0, 0.05) is 13.1 Å². The fraction of sp³-hybridized carbons (Fsp3) is 0.750. The second kappa shape index (κ2) is 4.80. The van der Waals surface area contributed by atoms with Gasteiger partial charge in [-0.05, 0) is 27.7 Å². The lowest BCUT2D eigenvalue weighted by Crippen LogP contribution is -2.41. The number of hydrogen-bond donors (Lipinski definition) is 1. The number of rotatable bonds is 1. The standard InChI is InChI=1S/C12H20N4O3/c1-8(17)10-14-13-9-7-15(5-6-16(9)10)11(18)19-12(2,3)4/h8,17H,5-7H2,1-4H3. The molecule has 0 aromatic carbocycles. The highest BCUT2D eigenvalue weighted by Gasteiger charge is 2.28. The number of aromatic nitrogens is 3. The molecule has 2 heterocycles. The van der Waals surface area contributed by atoms with Gasteiger partial charge in [-0.3, -0.25) is 4.90 Å². The van der Waals surface area contributed by atoms with Gasteiger partial charge in [0.25, 0.3) is 0 Å². The highest BCUT2D eigenvalue weighted by molar-refractivity contribution is 5.68. The van der Waals surface area contributed by atoms with Crippen molar-refractivity contribution >= 4 is 6.09 Å². The Morgan fingerprint density at radius 1 is 1.37 bits per heavy atom. The lowest BCUT2D eigenvalue weighted by molar-refractivity contribution is 0.0192. The molecule has 1 atom stereocenters. The molecular weight excluding hydrogens is 248 g/mol. The molecule has 106 valence electrons. The monoisotopic (exact) mass is 268 g/mol. The van der Waals surface area contributed by atoms with Crippen LogP contribution in [0.25, 0.3) is 0 Å². The molecule has 1 N–H and O–H groups in total. The molecule has 19 heavy (non-hydrogen) atoms. The summed E-state index contributed by atoms with van der Waals surface area (Å²) in [5, 5.41) is 17.5. The predicted octanol–water partition coefficient (Wildman–Crippen LogP) is 1.08. The number of ether oxygens (including phenoxy) is 1. The first-order chi connectivity index (χ1) is 8.78. The summed E-state index contributed by atoms with van der Waals surface area (Å²) < 4.78 is 7.18. The maximum Gasteiger partial charge on any atom is 0.410 e. The van der Waals surface area contributed by atoms with Crippen LogP contribution in [0.15, 0.2) is 0 Å². The van der Waals surface area contributed by atoms with Gasteiger partial charge in [0.2, 0.25) is 0 Å². The zero-order valence-corrected chi connectivity index (χ0v) is 11.8. The molecule has 0 bridgehead atoms. The van der Waals surface area contributed by atoms with Crippen molar-refractivity contribution in [3.63, 3.8) is 0 Å². The van der Waals surface area contributed by atoms with Crippen LogP contribution in [-0.2, 0) is 17.8 Å². The quantitative estimate of drug-likeness (QED) is 0.824. The second-order valence-corrected chi connectivity index (χ2v) is 5.70. The summed E-state index contributed by atoms with van der Waals surface area (Å²) >= 11 is 0. The van der Waals surface area contributed by atoms with Gasteiger partial charge in [0.05, 0.1) is 6.54 Å². The minimum Gasteiger partial charge on any atom is -0.444 e. The minimum absolute atomic E-state index is 0.347. The van der Waals surface area contributed by atoms with Crippen molar-refractivity contribution in [1.82, 2.24) is 19.7 Å². The fourth-order valence-corrected chi connectivity index (χ4v) is 1.97. The summed E-state index contributed by atoms with van der Waals surface area (Å²) in [5.41, 5.74) is -0.507.